The third-order valence-electron chi connectivity index (χ3n) is 3.61. The first kappa shape index (κ1) is 20.8. The first-order chi connectivity index (χ1) is 11.4. The molecule has 0 bridgehead atoms. The Morgan fingerprint density at radius 2 is 1.17 bits per heavy atom. The van der Waals surface area contributed by atoms with Gasteiger partial charge in [-0.1, -0.05) is 0 Å². The SMILES string of the molecule is NCCCNCCCN1CCOCCOCCOCCOCC1. The van der Waals surface area contributed by atoms with Crippen LogP contribution in [0.25, 0.3) is 0 Å². The lowest BCUT2D eigenvalue weighted by atomic mass is 10.3. The Labute approximate surface area is 140 Å². The van der Waals surface area contributed by atoms with E-state index in [-0.39, 0.29) is 0 Å². The van der Waals surface area contributed by atoms with E-state index in [1.165, 1.54) is 0 Å². The van der Waals surface area contributed by atoms with Crippen LogP contribution in [0.1, 0.15) is 12.8 Å². The molecule has 0 aromatic rings. The molecule has 1 aliphatic heterocycles. The number of nitrogens with two attached hydrogens (primary N) is 1. The molecule has 1 saturated heterocycles. The van der Waals surface area contributed by atoms with Crippen LogP contribution >= 0.6 is 0 Å². The average Bonchev–Trinajstić information content (AvgIpc) is 2.57. The summed E-state index contributed by atoms with van der Waals surface area (Å²) in [7, 11) is 0. The van der Waals surface area contributed by atoms with Crippen LogP contribution in [0.3, 0.4) is 0 Å². The summed E-state index contributed by atoms with van der Waals surface area (Å²) in [6.07, 6.45) is 2.16. The van der Waals surface area contributed by atoms with Gasteiger partial charge in [-0.2, -0.15) is 0 Å². The quantitative estimate of drug-likeness (QED) is 0.619. The van der Waals surface area contributed by atoms with Crippen molar-refractivity contribution in [3.63, 3.8) is 0 Å². The molecule has 23 heavy (non-hydrogen) atoms. The highest BCUT2D eigenvalue weighted by Gasteiger charge is 2.05. The van der Waals surface area contributed by atoms with E-state index in [2.05, 4.69) is 10.2 Å². The van der Waals surface area contributed by atoms with E-state index in [0.717, 1.165) is 65.3 Å². The molecule has 3 N–H and O–H groups in total. The minimum absolute atomic E-state index is 0.618. The Morgan fingerprint density at radius 1 is 0.696 bits per heavy atom. The van der Waals surface area contributed by atoms with Crippen LogP contribution in [-0.2, 0) is 18.9 Å². The van der Waals surface area contributed by atoms with Crippen molar-refractivity contribution in [1.29, 1.82) is 0 Å². The van der Waals surface area contributed by atoms with Gasteiger partial charge in [-0.05, 0) is 39.0 Å². The number of nitrogens with one attached hydrogen (secondary N) is 1. The molecule has 0 saturated carbocycles. The zero-order valence-corrected chi connectivity index (χ0v) is 14.5. The Balaban J connectivity index is 2.15. The molecule has 1 rings (SSSR count). The largest absolute Gasteiger partial charge is 0.378 e. The molecule has 7 nitrogen and oxygen atoms in total. The van der Waals surface area contributed by atoms with Crippen LogP contribution in [0.4, 0.5) is 0 Å². The molecule has 1 aliphatic rings. The first-order valence-corrected chi connectivity index (χ1v) is 8.87. The van der Waals surface area contributed by atoms with Crippen LogP contribution in [0, 0.1) is 0 Å². The Morgan fingerprint density at radius 3 is 1.70 bits per heavy atom. The van der Waals surface area contributed by atoms with Crippen molar-refractivity contribution >= 4 is 0 Å². The lowest BCUT2D eigenvalue weighted by Gasteiger charge is -2.22. The zero-order valence-electron chi connectivity index (χ0n) is 14.5. The van der Waals surface area contributed by atoms with Crippen molar-refractivity contribution in [2.24, 2.45) is 5.73 Å². The van der Waals surface area contributed by atoms with E-state index in [0.29, 0.717) is 39.6 Å². The Bertz CT molecular complexity index is 231. The van der Waals surface area contributed by atoms with Crippen LogP contribution in [0.2, 0.25) is 0 Å². The summed E-state index contributed by atoms with van der Waals surface area (Å²) >= 11 is 0. The van der Waals surface area contributed by atoms with Crippen LogP contribution in [0.5, 0.6) is 0 Å². The van der Waals surface area contributed by atoms with E-state index < -0.39 is 0 Å². The smallest absolute Gasteiger partial charge is 0.0701 e. The lowest BCUT2D eigenvalue weighted by molar-refractivity contribution is 0.00206. The van der Waals surface area contributed by atoms with Crippen molar-refractivity contribution in [3.05, 3.63) is 0 Å². The second-order valence-corrected chi connectivity index (χ2v) is 5.54. The van der Waals surface area contributed by atoms with Crippen molar-refractivity contribution < 1.29 is 18.9 Å². The highest BCUT2D eigenvalue weighted by Crippen LogP contribution is 1.94. The van der Waals surface area contributed by atoms with Crippen molar-refractivity contribution in [3.8, 4) is 0 Å². The molecular weight excluding hydrogens is 298 g/mol. The second-order valence-electron chi connectivity index (χ2n) is 5.54. The Kier molecular flexibility index (Phi) is 15.0. The van der Waals surface area contributed by atoms with Gasteiger partial charge in [0.15, 0.2) is 0 Å². The van der Waals surface area contributed by atoms with Crippen molar-refractivity contribution in [1.82, 2.24) is 10.2 Å². The maximum atomic E-state index is 5.62. The summed E-state index contributed by atoms with van der Waals surface area (Å²) in [6, 6.07) is 0. The Hall–Kier alpha value is -0.280. The fraction of sp³-hybridized carbons (Fsp3) is 1.00. The van der Waals surface area contributed by atoms with Gasteiger partial charge in [0.2, 0.25) is 0 Å². The molecule has 0 radical (unpaired) electrons. The van der Waals surface area contributed by atoms with Crippen LogP contribution < -0.4 is 11.1 Å². The maximum Gasteiger partial charge on any atom is 0.0701 e. The van der Waals surface area contributed by atoms with Gasteiger partial charge >= 0.3 is 0 Å². The highest BCUT2D eigenvalue weighted by molar-refractivity contribution is 4.60. The molecular formula is C16H35N3O4. The van der Waals surface area contributed by atoms with E-state index >= 15 is 0 Å². The van der Waals surface area contributed by atoms with Gasteiger partial charge in [0, 0.05) is 13.1 Å². The highest BCUT2D eigenvalue weighted by atomic mass is 16.6. The fourth-order valence-electron chi connectivity index (χ4n) is 2.26. The summed E-state index contributed by atoms with van der Waals surface area (Å²) in [5, 5.41) is 3.41. The number of rotatable bonds is 7. The molecule has 1 heterocycles. The summed E-state index contributed by atoms with van der Waals surface area (Å²) in [5.74, 6) is 0. The van der Waals surface area contributed by atoms with E-state index in [9.17, 15) is 0 Å². The van der Waals surface area contributed by atoms with Crippen molar-refractivity contribution in [2.45, 2.75) is 12.8 Å². The monoisotopic (exact) mass is 333 g/mol. The summed E-state index contributed by atoms with van der Waals surface area (Å²) in [4.78, 5) is 2.39. The minimum atomic E-state index is 0.618. The van der Waals surface area contributed by atoms with Crippen LogP contribution in [0.15, 0.2) is 0 Å². The molecule has 0 aromatic heterocycles. The van der Waals surface area contributed by atoms with Gasteiger partial charge in [-0.25, -0.2) is 0 Å². The van der Waals surface area contributed by atoms with E-state index in [4.69, 9.17) is 24.7 Å². The second kappa shape index (κ2) is 16.6. The minimum Gasteiger partial charge on any atom is -0.378 e. The third kappa shape index (κ3) is 13.8. The summed E-state index contributed by atoms with van der Waals surface area (Å²) in [5.41, 5.74) is 5.48. The maximum absolute atomic E-state index is 5.62. The van der Waals surface area contributed by atoms with Gasteiger partial charge in [-0.15, -0.1) is 0 Å². The van der Waals surface area contributed by atoms with E-state index in [1.807, 2.05) is 0 Å². The van der Waals surface area contributed by atoms with Gasteiger partial charge in [-0.3, -0.25) is 4.90 Å². The van der Waals surface area contributed by atoms with Gasteiger partial charge in [0.1, 0.15) is 0 Å². The molecule has 0 amide bonds. The van der Waals surface area contributed by atoms with Crippen LogP contribution in [-0.4, -0.2) is 97.0 Å². The van der Waals surface area contributed by atoms with Gasteiger partial charge in [0.05, 0.1) is 52.9 Å². The van der Waals surface area contributed by atoms with E-state index in [1.54, 1.807) is 0 Å². The lowest BCUT2D eigenvalue weighted by Crippen LogP contribution is -2.34. The molecule has 1 fully saturated rings. The fourth-order valence-corrected chi connectivity index (χ4v) is 2.26. The molecule has 0 atom stereocenters. The summed E-state index contributed by atoms with van der Waals surface area (Å²) < 4.78 is 22.1. The van der Waals surface area contributed by atoms with Crippen molar-refractivity contribution in [2.75, 3.05) is 92.1 Å². The zero-order chi connectivity index (χ0) is 16.4. The predicted molar refractivity (Wildman–Crippen MR) is 90.9 cm³/mol. The summed E-state index contributed by atoms with van der Waals surface area (Å²) in [6.45, 7) is 11.0. The third-order valence-corrected chi connectivity index (χ3v) is 3.61. The molecule has 0 aliphatic carbocycles. The molecule has 0 unspecified atom stereocenters. The number of ether oxygens (including phenoxy) is 4. The molecule has 0 aromatic carbocycles. The number of nitrogens with zero attached hydrogens (tertiary/aromatic N) is 1. The number of hydrogen-bond acceptors (Lipinski definition) is 7. The van der Waals surface area contributed by atoms with Gasteiger partial charge < -0.3 is 30.0 Å². The molecule has 0 spiro atoms. The predicted octanol–water partition coefficient (Wildman–Crippen LogP) is -0.303. The average molecular weight is 333 g/mol. The molecule has 138 valence electrons. The first-order valence-electron chi connectivity index (χ1n) is 8.87. The number of hydrogen-bond donors (Lipinski definition) is 2. The normalized spacial score (nSPS) is 20.7. The standard InChI is InChI=1S/C16H35N3O4/c17-3-1-4-18-5-2-6-19-7-9-20-11-13-22-15-16-23-14-12-21-10-8-19/h18H,1-17H2. The van der Waals surface area contributed by atoms with Gasteiger partial charge in [0.25, 0.3) is 0 Å². The topological polar surface area (TPSA) is 78.2 Å². The molecule has 7 heteroatoms.